The average Bonchev–Trinajstić information content (AvgIpc) is 3.52. The zero-order valence-electron chi connectivity index (χ0n) is 18.3. The minimum absolute atomic E-state index is 0.156. The highest BCUT2D eigenvalue weighted by atomic mass is 32.2. The van der Waals surface area contributed by atoms with E-state index in [0.717, 1.165) is 29.9 Å². The van der Waals surface area contributed by atoms with Crippen LogP contribution >= 0.6 is 11.8 Å². The predicted octanol–water partition coefficient (Wildman–Crippen LogP) is 4.95. The Bertz CT molecular complexity index is 1310. The molecule has 168 valence electrons. The third-order valence-corrected chi connectivity index (χ3v) is 6.52. The molecular weight excluding hydrogens is 439 g/mol. The molecule has 0 radical (unpaired) electrons. The van der Waals surface area contributed by atoms with Crippen LogP contribution in [0.2, 0.25) is 0 Å². The summed E-state index contributed by atoms with van der Waals surface area (Å²) in [5.41, 5.74) is 3.68. The highest BCUT2D eigenvalue weighted by Gasteiger charge is 2.31. The van der Waals surface area contributed by atoms with Gasteiger partial charge in [0.15, 0.2) is 11.0 Å². The summed E-state index contributed by atoms with van der Waals surface area (Å²) in [5.74, 6) is 0.186. The van der Waals surface area contributed by atoms with Crippen LogP contribution in [0.4, 0.5) is 10.1 Å². The number of hydrogen-bond acceptors (Lipinski definition) is 5. The molecule has 2 aromatic heterocycles. The number of amides is 1. The maximum atomic E-state index is 14.3. The van der Waals surface area contributed by atoms with Crippen molar-refractivity contribution < 1.29 is 9.18 Å². The summed E-state index contributed by atoms with van der Waals surface area (Å²) >= 11 is 1.31. The van der Waals surface area contributed by atoms with Crippen LogP contribution in [-0.4, -0.2) is 36.2 Å². The number of nitrogens with one attached hydrogen (secondary N) is 1. The lowest BCUT2D eigenvalue weighted by Gasteiger charge is -2.10. The van der Waals surface area contributed by atoms with Gasteiger partial charge in [0.2, 0.25) is 5.91 Å². The average molecular weight is 463 g/mol. The Morgan fingerprint density at radius 2 is 1.82 bits per heavy atom. The highest BCUT2D eigenvalue weighted by molar-refractivity contribution is 7.99. The number of aryl methyl sites for hydroxylation is 1. The first-order chi connectivity index (χ1) is 16.0. The first-order valence-electron chi connectivity index (χ1n) is 10.8. The van der Waals surface area contributed by atoms with Gasteiger partial charge in [-0.25, -0.2) is 9.07 Å². The zero-order chi connectivity index (χ0) is 22.9. The molecule has 2 aromatic carbocycles. The molecule has 0 aliphatic heterocycles. The number of carbonyl (C=O) groups excluding carboxylic acids is 1. The molecular formula is C24H23FN6OS. The Morgan fingerprint density at radius 3 is 2.55 bits per heavy atom. The highest BCUT2D eigenvalue weighted by Crippen LogP contribution is 2.41. The van der Waals surface area contributed by atoms with E-state index in [2.05, 4.69) is 20.6 Å². The summed E-state index contributed by atoms with van der Waals surface area (Å²) in [7, 11) is 0. The van der Waals surface area contributed by atoms with E-state index in [1.54, 1.807) is 18.2 Å². The second kappa shape index (κ2) is 8.82. The number of nitrogens with zero attached hydrogens (tertiary/aromatic N) is 5. The van der Waals surface area contributed by atoms with Crippen molar-refractivity contribution in [3.63, 3.8) is 0 Å². The Kier molecular flexibility index (Phi) is 5.72. The van der Waals surface area contributed by atoms with E-state index in [1.807, 2.05) is 53.4 Å². The van der Waals surface area contributed by atoms with E-state index in [0.29, 0.717) is 22.2 Å². The van der Waals surface area contributed by atoms with Crippen LogP contribution in [0.5, 0.6) is 0 Å². The van der Waals surface area contributed by atoms with Crippen LogP contribution in [0, 0.1) is 19.7 Å². The standard InChI is InChI=1S/C24H23FN6OS/c1-15-22(16(2)31(29-15)18-8-4-3-5-9-18)26-21(32)14-33-24-28-27-23(30(24)17-12-13-17)19-10-6-7-11-20(19)25/h3-11,17H,12-14H2,1-2H3,(H,26,32). The van der Waals surface area contributed by atoms with Crippen molar-refractivity contribution in [2.45, 2.75) is 37.9 Å². The Labute approximate surface area is 195 Å². The predicted molar refractivity (Wildman–Crippen MR) is 126 cm³/mol. The van der Waals surface area contributed by atoms with Gasteiger partial charge in [-0.05, 0) is 51.0 Å². The largest absolute Gasteiger partial charge is 0.322 e. The van der Waals surface area contributed by atoms with Crippen LogP contribution < -0.4 is 5.32 Å². The smallest absolute Gasteiger partial charge is 0.234 e. The van der Waals surface area contributed by atoms with Gasteiger partial charge < -0.3 is 5.32 Å². The van der Waals surface area contributed by atoms with Crippen LogP contribution in [0.3, 0.4) is 0 Å². The van der Waals surface area contributed by atoms with Gasteiger partial charge in [0.25, 0.3) is 0 Å². The van der Waals surface area contributed by atoms with Crippen LogP contribution in [0.1, 0.15) is 30.3 Å². The molecule has 0 bridgehead atoms. The molecule has 0 atom stereocenters. The van der Waals surface area contributed by atoms with E-state index in [4.69, 9.17) is 0 Å². The molecule has 1 aliphatic rings. The number of hydrogen-bond donors (Lipinski definition) is 1. The molecule has 1 saturated carbocycles. The normalized spacial score (nSPS) is 13.3. The van der Waals surface area contributed by atoms with Crippen molar-refractivity contribution in [1.29, 1.82) is 0 Å². The zero-order valence-corrected chi connectivity index (χ0v) is 19.1. The van der Waals surface area contributed by atoms with Crippen molar-refractivity contribution in [3.05, 3.63) is 71.8 Å². The second-order valence-electron chi connectivity index (χ2n) is 8.02. The van der Waals surface area contributed by atoms with Crippen LogP contribution in [0.25, 0.3) is 17.1 Å². The SMILES string of the molecule is Cc1nn(-c2ccccc2)c(C)c1NC(=O)CSc1nnc(-c2ccccc2F)n1C1CC1. The summed E-state index contributed by atoms with van der Waals surface area (Å²) in [6.07, 6.45) is 1.99. The summed E-state index contributed by atoms with van der Waals surface area (Å²) in [4.78, 5) is 12.8. The number of rotatable bonds is 7. The molecule has 4 aromatic rings. The summed E-state index contributed by atoms with van der Waals surface area (Å²) in [5, 5.41) is 16.7. The lowest BCUT2D eigenvalue weighted by molar-refractivity contribution is -0.113. The summed E-state index contributed by atoms with van der Waals surface area (Å²) < 4.78 is 18.1. The first-order valence-corrected chi connectivity index (χ1v) is 11.8. The monoisotopic (exact) mass is 462 g/mol. The fraction of sp³-hybridized carbons (Fsp3) is 0.250. The topological polar surface area (TPSA) is 77.6 Å². The third-order valence-electron chi connectivity index (χ3n) is 5.58. The van der Waals surface area contributed by atoms with Gasteiger partial charge in [-0.3, -0.25) is 9.36 Å². The Morgan fingerprint density at radius 1 is 1.09 bits per heavy atom. The van der Waals surface area contributed by atoms with Crippen molar-refractivity contribution in [1.82, 2.24) is 24.5 Å². The van der Waals surface area contributed by atoms with Gasteiger partial charge in [-0.2, -0.15) is 5.10 Å². The van der Waals surface area contributed by atoms with E-state index in [-0.39, 0.29) is 23.5 Å². The molecule has 33 heavy (non-hydrogen) atoms. The van der Waals surface area contributed by atoms with Crippen molar-refractivity contribution in [2.24, 2.45) is 0 Å². The van der Waals surface area contributed by atoms with E-state index in [9.17, 15) is 9.18 Å². The molecule has 1 fully saturated rings. The molecule has 1 aliphatic carbocycles. The molecule has 7 nitrogen and oxygen atoms in total. The quantitative estimate of drug-likeness (QED) is 0.393. The third kappa shape index (κ3) is 4.28. The number of carbonyl (C=O) groups is 1. The van der Waals surface area contributed by atoms with Crippen LogP contribution in [-0.2, 0) is 4.79 Å². The van der Waals surface area contributed by atoms with Gasteiger partial charge in [0, 0.05) is 6.04 Å². The van der Waals surface area contributed by atoms with Crippen molar-refractivity contribution >= 4 is 23.4 Å². The second-order valence-corrected chi connectivity index (χ2v) is 8.96. The fourth-order valence-corrected chi connectivity index (χ4v) is 4.62. The van der Waals surface area contributed by atoms with E-state index in [1.165, 1.54) is 17.8 Å². The number of benzene rings is 2. The minimum atomic E-state index is -0.331. The summed E-state index contributed by atoms with van der Waals surface area (Å²) in [6.45, 7) is 3.81. The maximum Gasteiger partial charge on any atom is 0.234 e. The Hall–Kier alpha value is -3.46. The molecule has 0 spiro atoms. The van der Waals surface area contributed by atoms with Gasteiger partial charge in [-0.1, -0.05) is 42.1 Å². The number of anilines is 1. The maximum absolute atomic E-state index is 14.3. The van der Waals surface area contributed by atoms with Gasteiger partial charge in [0.05, 0.1) is 34.1 Å². The fourth-order valence-electron chi connectivity index (χ4n) is 3.81. The lowest BCUT2D eigenvalue weighted by atomic mass is 10.2. The van der Waals surface area contributed by atoms with Gasteiger partial charge in [0.1, 0.15) is 5.82 Å². The van der Waals surface area contributed by atoms with Crippen molar-refractivity contribution in [2.75, 3.05) is 11.1 Å². The molecule has 0 unspecified atom stereocenters. The molecule has 0 saturated heterocycles. The van der Waals surface area contributed by atoms with E-state index < -0.39 is 0 Å². The molecule has 5 rings (SSSR count). The first kappa shape index (κ1) is 21.4. The minimum Gasteiger partial charge on any atom is -0.322 e. The van der Waals surface area contributed by atoms with Crippen molar-refractivity contribution in [3.8, 4) is 17.1 Å². The van der Waals surface area contributed by atoms with E-state index >= 15 is 0 Å². The molecule has 1 amide bonds. The van der Waals surface area contributed by atoms with Gasteiger partial charge >= 0.3 is 0 Å². The number of para-hydroxylation sites is 1. The molecule has 9 heteroatoms. The molecule has 1 N–H and O–H groups in total. The number of aromatic nitrogens is 5. The number of halogens is 1. The number of thioether (sulfide) groups is 1. The Balaban J connectivity index is 1.32. The molecule has 2 heterocycles. The lowest BCUT2D eigenvalue weighted by Crippen LogP contribution is -2.16. The summed E-state index contributed by atoms with van der Waals surface area (Å²) in [6, 6.07) is 16.6. The van der Waals surface area contributed by atoms with Crippen LogP contribution in [0.15, 0.2) is 59.8 Å². The van der Waals surface area contributed by atoms with Gasteiger partial charge in [-0.15, -0.1) is 10.2 Å².